The zero-order chi connectivity index (χ0) is 13.0. The molecule has 2 N–H and O–H groups in total. The smallest absolute Gasteiger partial charge is 0.318 e. The first-order valence-corrected chi connectivity index (χ1v) is 4.15. The predicted octanol–water partition coefficient (Wildman–Crippen LogP) is 0.407. The van der Waals surface area contributed by atoms with Gasteiger partial charge in [0.15, 0.2) is 5.69 Å². The van der Waals surface area contributed by atoms with E-state index in [0.29, 0.717) is 0 Å². The molecule has 1 aromatic rings. The van der Waals surface area contributed by atoms with Crippen molar-refractivity contribution >= 4 is 11.4 Å². The molecule has 0 fully saturated rings. The number of hydrazine groups is 1. The number of ether oxygens (including phenoxy) is 1. The van der Waals surface area contributed by atoms with Gasteiger partial charge >= 0.3 is 5.09 Å². The van der Waals surface area contributed by atoms with Gasteiger partial charge in [-0.25, -0.2) is 5.84 Å². The summed E-state index contributed by atoms with van der Waals surface area (Å²) < 4.78 is 4.78. The molecule has 0 spiro atoms. The molecule has 1 rings (SSSR count). The molecule has 0 saturated heterocycles. The molecule has 0 aliphatic rings. The number of nitrogens with zero attached hydrogens (tertiary/aromatic N) is 3. The zero-order valence-electron chi connectivity index (χ0n) is 8.60. The van der Waals surface area contributed by atoms with E-state index in [1.165, 1.54) is 19.2 Å². The molecule has 0 saturated carbocycles. The minimum Gasteiger partial charge on any atom is -0.496 e. The zero-order valence-corrected chi connectivity index (χ0v) is 8.60. The van der Waals surface area contributed by atoms with E-state index in [1.807, 2.05) is 0 Å². The summed E-state index contributed by atoms with van der Waals surface area (Å²) in [4.78, 5) is 23.9. The van der Waals surface area contributed by atoms with Gasteiger partial charge in [-0.2, -0.15) is 4.94 Å². The topological polar surface area (TPSA) is 134 Å². The van der Waals surface area contributed by atoms with E-state index < -0.39 is 15.7 Å². The van der Waals surface area contributed by atoms with Gasteiger partial charge in [0.05, 0.1) is 18.1 Å². The normalized spacial score (nSPS) is 9.53. The monoisotopic (exact) mass is 244 g/mol. The van der Waals surface area contributed by atoms with Crippen LogP contribution in [0.4, 0.5) is 11.4 Å². The quantitative estimate of drug-likeness (QED) is 0.447. The average Bonchev–Trinajstić information content (AvgIpc) is 2.27. The predicted molar refractivity (Wildman–Crippen MR) is 54.4 cm³/mol. The van der Waals surface area contributed by atoms with Crippen LogP contribution in [0.5, 0.6) is 5.75 Å². The van der Waals surface area contributed by atoms with Crippen molar-refractivity contribution in [3.05, 3.63) is 38.4 Å². The number of nitro groups is 1. The van der Waals surface area contributed by atoms with Crippen LogP contribution < -0.4 is 15.8 Å². The summed E-state index contributed by atoms with van der Waals surface area (Å²) >= 11 is 0. The van der Waals surface area contributed by atoms with Crippen LogP contribution in [0.15, 0.2) is 18.2 Å². The van der Waals surface area contributed by atoms with Gasteiger partial charge < -0.3 is 4.74 Å². The Morgan fingerprint density at radius 2 is 2.00 bits per heavy atom. The number of nitro benzene ring substituents is 1. The largest absolute Gasteiger partial charge is 0.496 e. The average molecular weight is 244 g/mol. The Morgan fingerprint density at radius 3 is 2.47 bits per heavy atom. The standard InChI is InChI=1S/C7H8N4O6/c1-16-5-2-3-6(7(4-5)10(12)13)9(8)17-11(14)15/h2-4H,8H2,1H3. The fourth-order valence-corrected chi connectivity index (χ4v) is 1.08. The number of methoxy groups -OCH3 is 1. The van der Waals surface area contributed by atoms with Crippen molar-refractivity contribution in [2.75, 3.05) is 12.3 Å². The van der Waals surface area contributed by atoms with E-state index in [4.69, 9.17) is 10.6 Å². The highest BCUT2D eigenvalue weighted by Gasteiger charge is 2.21. The third-order valence-electron chi connectivity index (χ3n) is 1.77. The third-order valence-corrected chi connectivity index (χ3v) is 1.77. The molecule has 0 radical (unpaired) electrons. The van der Waals surface area contributed by atoms with Gasteiger partial charge in [-0.1, -0.05) is 0 Å². The third kappa shape index (κ3) is 2.92. The van der Waals surface area contributed by atoms with Crippen LogP contribution in [0, 0.1) is 20.2 Å². The van der Waals surface area contributed by atoms with Crippen LogP contribution in [0.3, 0.4) is 0 Å². The van der Waals surface area contributed by atoms with E-state index in [2.05, 4.69) is 4.94 Å². The van der Waals surface area contributed by atoms with E-state index in [1.54, 1.807) is 0 Å². The first kappa shape index (κ1) is 12.4. The molecule has 0 atom stereocenters. The molecule has 0 unspecified atom stereocenters. The molecule has 0 aliphatic carbocycles. The number of benzene rings is 1. The summed E-state index contributed by atoms with van der Waals surface area (Å²) in [5, 5.41) is 19.8. The number of anilines is 1. The molecule has 17 heavy (non-hydrogen) atoms. The lowest BCUT2D eigenvalue weighted by Gasteiger charge is -2.14. The minimum atomic E-state index is -1.19. The number of nitrogens with two attached hydrogens (primary N) is 1. The Labute approximate surface area is 94.3 Å². The van der Waals surface area contributed by atoms with Crippen molar-refractivity contribution in [1.29, 1.82) is 0 Å². The van der Waals surface area contributed by atoms with Crippen molar-refractivity contribution in [3.63, 3.8) is 0 Å². The molecule has 0 bridgehead atoms. The SMILES string of the molecule is COc1ccc(N(N)O[N+](=O)[O-])c([N+](=O)[O-])c1. The van der Waals surface area contributed by atoms with Gasteiger partial charge in [-0.3, -0.25) is 10.1 Å². The summed E-state index contributed by atoms with van der Waals surface area (Å²) in [6.45, 7) is 0. The lowest BCUT2D eigenvalue weighted by molar-refractivity contribution is -0.762. The molecule has 0 aliphatic heterocycles. The molecular weight excluding hydrogens is 236 g/mol. The van der Waals surface area contributed by atoms with Crippen LogP contribution in [0.2, 0.25) is 0 Å². The number of rotatable bonds is 5. The van der Waals surface area contributed by atoms with Gasteiger partial charge in [0.2, 0.25) is 0 Å². The maximum atomic E-state index is 10.7. The highest BCUT2D eigenvalue weighted by Crippen LogP contribution is 2.30. The lowest BCUT2D eigenvalue weighted by atomic mass is 10.2. The summed E-state index contributed by atoms with van der Waals surface area (Å²) in [5.41, 5.74) is -0.749. The minimum absolute atomic E-state index is 0.192. The fourth-order valence-electron chi connectivity index (χ4n) is 1.08. The molecule has 92 valence electrons. The van der Waals surface area contributed by atoms with Crippen LogP contribution in [-0.4, -0.2) is 17.1 Å². The number of hydrogen-bond acceptors (Lipinski definition) is 8. The summed E-state index contributed by atoms with van der Waals surface area (Å²) in [7, 11) is 1.33. The maximum absolute atomic E-state index is 10.7. The highest BCUT2D eigenvalue weighted by atomic mass is 17.0. The molecule has 1 aromatic carbocycles. The Kier molecular flexibility index (Phi) is 3.62. The van der Waals surface area contributed by atoms with Gasteiger partial charge in [0.25, 0.3) is 5.69 Å². The summed E-state index contributed by atoms with van der Waals surface area (Å²) in [6, 6.07) is 3.59. The second-order valence-corrected chi connectivity index (χ2v) is 2.74. The molecule has 10 heteroatoms. The van der Waals surface area contributed by atoms with E-state index in [-0.39, 0.29) is 16.6 Å². The summed E-state index contributed by atoms with van der Waals surface area (Å²) in [5.74, 6) is 5.37. The Bertz CT molecular complexity index is 450. The van der Waals surface area contributed by atoms with Crippen LogP contribution in [0.25, 0.3) is 0 Å². The summed E-state index contributed by atoms with van der Waals surface area (Å²) in [6.07, 6.45) is 0. The molecule has 0 heterocycles. The molecule has 10 nitrogen and oxygen atoms in total. The fraction of sp³-hybridized carbons (Fsp3) is 0.143. The van der Waals surface area contributed by atoms with Crippen LogP contribution in [-0.2, 0) is 4.94 Å². The van der Waals surface area contributed by atoms with E-state index in [9.17, 15) is 20.2 Å². The Morgan fingerprint density at radius 1 is 1.35 bits per heavy atom. The van der Waals surface area contributed by atoms with Crippen LogP contribution in [0.1, 0.15) is 0 Å². The highest BCUT2D eigenvalue weighted by molar-refractivity contribution is 5.63. The lowest BCUT2D eigenvalue weighted by Crippen LogP contribution is -2.33. The Hall–Kier alpha value is -2.62. The first-order valence-electron chi connectivity index (χ1n) is 4.15. The Balaban J connectivity index is 3.14. The molecule has 0 amide bonds. The van der Waals surface area contributed by atoms with Crippen molar-refractivity contribution in [1.82, 2.24) is 0 Å². The maximum Gasteiger partial charge on any atom is 0.318 e. The van der Waals surface area contributed by atoms with Gasteiger partial charge in [0, 0.05) is 0 Å². The molecule has 0 aromatic heterocycles. The van der Waals surface area contributed by atoms with Crippen molar-refractivity contribution in [2.24, 2.45) is 5.84 Å². The second-order valence-electron chi connectivity index (χ2n) is 2.74. The van der Waals surface area contributed by atoms with Crippen LogP contribution >= 0.6 is 0 Å². The van der Waals surface area contributed by atoms with Crippen molar-refractivity contribution in [2.45, 2.75) is 0 Å². The van der Waals surface area contributed by atoms with Crippen molar-refractivity contribution in [3.8, 4) is 5.75 Å². The molecular formula is C7H8N4O6. The van der Waals surface area contributed by atoms with Crippen molar-refractivity contribution < 1.29 is 19.7 Å². The van der Waals surface area contributed by atoms with E-state index in [0.717, 1.165) is 6.07 Å². The van der Waals surface area contributed by atoms with Gasteiger partial charge in [-0.05, 0) is 12.1 Å². The van der Waals surface area contributed by atoms with Gasteiger partial charge in [0.1, 0.15) is 5.75 Å². The second kappa shape index (κ2) is 4.94. The van der Waals surface area contributed by atoms with E-state index >= 15 is 0 Å². The van der Waals surface area contributed by atoms with Gasteiger partial charge in [-0.15, -0.1) is 15.3 Å². The first-order chi connectivity index (χ1) is 7.95. The number of hydrogen-bond donors (Lipinski definition) is 1.